The molecule has 0 fully saturated rings. The Hall–Kier alpha value is -1.17. The van der Waals surface area contributed by atoms with Crippen LogP contribution in [-0.4, -0.2) is 22.2 Å². The Balaban J connectivity index is 2.81. The summed E-state index contributed by atoms with van der Waals surface area (Å²) in [6, 6.07) is 2.90. The molecule has 1 N–H and O–H groups in total. The predicted molar refractivity (Wildman–Crippen MR) is 54.9 cm³/mol. The lowest BCUT2D eigenvalue weighted by atomic mass is 10.5. The van der Waals surface area contributed by atoms with E-state index >= 15 is 0 Å². The van der Waals surface area contributed by atoms with E-state index in [2.05, 4.69) is 26.3 Å². The lowest BCUT2D eigenvalue weighted by Gasteiger charge is -2.03. The average molecular weight is 260 g/mol. The van der Waals surface area contributed by atoms with Gasteiger partial charge in [0, 0.05) is 12.6 Å². The second kappa shape index (κ2) is 4.90. The number of nitrogens with one attached hydrogen (secondary N) is 1. The molecule has 1 rings (SSSR count). The highest BCUT2D eigenvalue weighted by molar-refractivity contribution is 9.10. The molecular formula is C8H10BrN3O2. The van der Waals surface area contributed by atoms with Gasteiger partial charge < -0.3 is 5.32 Å². The van der Waals surface area contributed by atoms with Gasteiger partial charge in [-0.15, -0.1) is 0 Å². The van der Waals surface area contributed by atoms with Crippen LogP contribution < -0.4 is 10.9 Å². The van der Waals surface area contributed by atoms with E-state index in [1.807, 2.05) is 6.92 Å². The Morgan fingerprint density at radius 2 is 2.36 bits per heavy atom. The third-order valence-electron chi connectivity index (χ3n) is 1.50. The number of aromatic nitrogens is 2. The van der Waals surface area contributed by atoms with Crippen LogP contribution in [0.3, 0.4) is 0 Å². The number of carbonyl (C=O) groups is 1. The molecule has 0 saturated heterocycles. The molecule has 14 heavy (non-hydrogen) atoms. The second-order valence-electron chi connectivity index (χ2n) is 2.61. The molecule has 1 aromatic heterocycles. The molecule has 6 heteroatoms. The number of likely N-dealkylation sites (N-methyl/N-ethyl adjacent to an activating group) is 1. The Kier molecular flexibility index (Phi) is 3.82. The topological polar surface area (TPSA) is 64.0 Å². The molecular weight excluding hydrogens is 250 g/mol. The molecule has 0 unspecified atom stereocenters. The third-order valence-corrected chi connectivity index (χ3v) is 1.92. The molecule has 1 heterocycles. The SMILES string of the molecule is CCNC(=O)Cn1nc(Br)ccc1=O. The van der Waals surface area contributed by atoms with E-state index in [0.717, 1.165) is 4.68 Å². The van der Waals surface area contributed by atoms with Crippen LogP contribution in [0.5, 0.6) is 0 Å². The van der Waals surface area contributed by atoms with Gasteiger partial charge in [0.25, 0.3) is 5.56 Å². The van der Waals surface area contributed by atoms with Gasteiger partial charge in [0.1, 0.15) is 11.1 Å². The summed E-state index contributed by atoms with van der Waals surface area (Å²) in [4.78, 5) is 22.4. The second-order valence-corrected chi connectivity index (χ2v) is 3.42. The Bertz CT molecular complexity index is 388. The van der Waals surface area contributed by atoms with E-state index < -0.39 is 0 Å². The fourth-order valence-corrected chi connectivity index (χ4v) is 1.25. The van der Waals surface area contributed by atoms with Crippen LogP contribution in [0, 0.1) is 0 Å². The number of halogens is 1. The largest absolute Gasteiger partial charge is 0.355 e. The Labute approximate surface area is 89.2 Å². The number of hydrogen-bond acceptors (Lipinski definition) is 3. The molecule has 0 saturated carbocycles. The van der Waals surface area contributed by atoms with Crippen LogP contribution in [0.2, 0.25) is 0 Å². The quantitative estimate of drug-likeness (QED) is 0.840. The summed E-state index contributed by atoms with van der Waals surface area (Å²) >= 11 is 3.12. The summed E-state index contributed by atoms with van der Waals surface area (Å²) < 4.78 is 1.64. The van der Waals surface area contributed by atoms with E-state index in [-0.39, 0.29) is 18.0 Å². The van der Waals surface area contributed by atoms with Crippen LogP contribution in [0.1, 0.15) is 6.92 Å². The monoisotopic (exact) mass is 259 g/mol. The first-order chi connectivity index (χ1) is 6.63. The molecule has 0 atom stereocenters. The van der Waals surface area contributed by atoms with Gasteiger partial charge in [-0.2, -0.15) is 5.10 Å². The molecule has 0 aliphatic carbocycles. The van der Waals surface area contributed by atoms with Gasteiger partial charge in [0.15, 0.2) is 0 Å². The summed E-state index contributed by atoms with van der Waals surface area (Å²) in [7, 11) is 0. The fourth-order valence-electron chi connectivity index (χ4n) is 0.926. The van der Waals surface area contributed by atoms with Crippen molar-refractivity contribution in [3.8, 4) is 0 Å². The maximum atomic E-state index is 11.2. The highest BCUT2D eigenvalue weighted by Crippen LogP contribution is 1.99. The zero-order valence-electron chi connectivity index (χ0n) is 7.66. The fraction of sp³-hybridized carbons (Fsp3) is 0.375. The Morgan fingerprint density at radius 3 is 3.00 bits per heavy atom. The molecule has 0 aliphatic heterocycles. The van der Waals surface area contributed by atoms with Crippen LogP contribution in [0.4, 0.5) is 0 Å². The predicted octanol–water partition coefficient (Wildman–Crippen LogP) is 0.142. The minimum Gasteiger partial charge on any atom is -0.355 e. The van der Waals surface area contributed by atoms with Crippen molar-refractivity contribution < 1.29 is 4.79 Å². The van der Waals surface area contributed by atoms with Crippen molar-refractivity contribution in [3.63, 3.8) is 0 Å². The van der Waals surface area contributed by atoms with Crippen molar-refractivity contribution in [3.05, 3.63) is 27.1 Å². The van der Waals surface area contributed by atoms with E-state index in [1.54, 1.807) is 0 Å². The summed E-state index contributed by atoms with van der Waals surface area (Å²) in [6.07, 6.45) is 0. The minimum atomic E-state index is -0.292. The van der Waals surface area contributed by atoms with Crippen LogP contribution >= 0.6 is 15.9 Å². The van der Waals surface area contributed by atoms with Gasteiger partial charge in [-0.25, -0.2) is 4.68 Å². The van der Waals surface area contributed by atoms with Crippen molar-refractivity contribution in [2.45, 2.75) is 13.5 Å². The summed E-state index contributed by atoms with van der Waals surface area (Å²) in [5.74, 6) is -0.222. The van der Waals surface area contributed by atoms with Crippen molar-refractivity contribution in [1.82, 2.24) is 15.1 Å². The summed E-state index contributed by atoms with van der Waals surface area (Å²) in [5.41, 5.74) is -0.292. The number of nitrogens with zero attached hydrogens (tertiary/aromatic N) is 2. The van der Waals surface area contributed by atoms with Gasteiger partial charge in [0.2, 0.25) is 5.91 Å². The van der Waals surface area contributed by atoms with Crippen molar-refractivity contribution >= 4 is 21.8 Å². The van der Waals surface area contributed by atoms with Crippen LogP contribution in [-0.2, 0) is 11.3 Å². The molecule has 0 aromatic carbocycles. The van der Waals surface area contributed by atoms with Crippen molar-refractivity contribution in [2.75, 3.05) is 6.54 Å². The first kappa shape index (κ1) is 10.9. The van der Waals surface area contributed by atoms with E-state index in [4.69, 9.17) is 0 Å². The zero-order chi connectivity index (χ0) is 10.6. The standard InChI is InChI=1S/C8H10BrN3O2/c1-2-10-7(13)5-12-8(14)4-3-6(9)11-12/h3-4H,2,5H2,1H3,(H,10,13). The molecule has 1 aromatic rings. The lowest BCUT2D eigenvalue weighted by molar-refractivity contribution is -0.121. The van der Waals surface area contributed by atoms with Gasteiger partial charge in [-0.05, 0) is 28.9 Å². The number of amides is 1. The number of rotatable bonds is 3. The molecule has 76 valence electrons. The highest BCUT2D eigenvalue weighted by atomic mass is 79.9. The molecule has 5 nitrogen and oxygen atoms in total. The molecule has 0 aliphatic rings. The first-order valence-corrected chi connectivity index (χ1v) is 4.93. The van der Waals surface area contributed by atoms with Crippen LogP contribution in [0.15, 0.2) is 21.5 Å². The summed E-state index contributed by atoms with van der Waals surface area (Å²) in [5, 5.41) is 6.44. The van der Waals surface area contributed by atoms with Gasteiger partial charge in [0.05, 0.1) is 0 Å². The normalized spacial score (nSPS) is 9.86. The molecule has 0 radical (unpaired) electrons. The van der Waals surface area contributed by atoms with Crippen LogP contribution in [0.25, 0.3) is 0 Å². The molecule has 1 amide bonds. The Morgan fingerprint density at radius 1 is 1.64 bits per heavy atom. The van der Waals surface area contributed by atoms with E-state index in [0.29, 0.717) is 11.1 Å². The molecule has 0 bridgehead atoms. The average Bonchev–Trinajstić information content (AvgIpc) is 2.12. The lowest BCUT2D eigenvalue weighted by Crippen LogP contribution is -2.33. The minimum absolute atomic E-state index is 0.0495. The van der Waals surface area contributed by atoms with Crippen molar-refractivity contribution in [1.29, 1.82) is 0 Å². The van der Waals surface area contributed by atoms with E-state index in [9.17, 15) is 9.59 Å². The number of hydrogen-bond donors (Lipinski definition) is 1. The van der Waals surface area contributed by atoms with Gasteiger partial charge in [-0.1, -0.05) is 0 Å². The van der Waals surface area contributed by atoms with E-state index in [1.165, 1.54) is 12.1 Å². The first-order valence-electron chi connectivity index (χ1n) is 4.14. The maximum absolute atomic E-state index is 11.2. The maximum Gasteiger partial charge on any atom is 0.267 e. The highest BCUT2D eigenvalue weighted by Gasteiger charge is 2.04. The summed E-state index contributed by atoms with van der Waals surface area (Å²) in [6.45, 7) is 2.31. The zero-order valence-corrected chi connectivity index (χ0v) is 9.24. The third kappa shape index (κ3) is 2.95. The van der Waals surface area contributed by atoms with Crippen molar-refractivity contribution in [2.24, 2.45) is 0 Å². The molecule has 0 spiro atoms. The van der Waals surface area contributed by atoms with Gasteiger partial charge >= 0.3 is 0 Å². The van der Waals surface area contributed by atoms with Gasteiger partial charge in [-0.3, -0.25) is 9.59 Å². The number of carbonyl (C=O) groups excluding carboxylic acids is 1. The smallest absolute Gasteiger partial charge is 0.267 e.